The molecule has 2 N–H and O–H groups in total. The highest BCUT2D eigenvalue weighted by molar-refractivity contribution is 7.80. The second kappa shape index (κ2) is 11.3. The molecule has 4 rings (SSSR count). The molecule has 0 saturated carbocycles. The smallest absolute Gasteiger partial charge is 0.293 e. The number of morpholine rings is 1. The van der Waals surface area contributed by atoms with Gasteiger partial charge in [-0.25, -0.2) is 4.98 Å². The van der Waals surface area contributed by atoms with Crippen molar-refractivity contribution >= 4 is 51.1 Å². The van der Waals surface area contributed by atoms with Gasteiger partial charge in [-0.2, -0.15) is 0 Å². The van der Waals surface area contributed by atoms with Crippen molar-refractivity contribution in [3.05, 3.63) is 57.5 Å². The number of methoxy groups -OCH3 is 2. The summed E-state index contributed by atoms with van der Waals surface area (Å²) in [6.45, 7) is 2.06. The van der Waals surface area contributed by atoms with Crippen molar-refractivity contribution in [3.63, 3.8) is 0 Å². The minimum Gasteiger partial charge on any atom is -0.493 e. The van der Waals surface area contributed by atoms with Crippen LogP contribution in [0.15, 0.2) is 41.8 Å². The van der Waals surface area contributed by atoms with E-state index < -0.39 is 10.8 Å². The highest BCUT2D eigenvalue weighted by Crippen LogP contribution is 2.33. The number of nitro benzene ring substituents is 1. The monoisotopic (exact) mass is 529 g/mol. The first-order valence-electron chi connectivity index (χ1n) is 10.8. The largest absolute Gasteiger partial charge is 0.493 e. The third-order valence-corrected chi connectivity index (χ3v) is 6.38. The van der Waals surface area contributed by atoms with Crippen molar-refractivity contribution in [2.45, 2.75) is 0 Å². The van der Waals surface area contributed by atoms with E-state index in [1.165, 1.54) is 23.5 Å². The number of nitrogens with one attached hydrogen (secondary N) is 2. The van der Waals surface area contributed by atoms with Crippen molar-refractivity contribution in [1.82, 2.24) is 10.3 Å². The lowest BCUT2D eigenvalue weighted by molar-refractivity contribution is -0.384. The molecule has 3 aromatic rings. The lowest BCUT2D eigenvalue weighted by atomic mass is 10.1. The summed E-state index contributed by atoms with van der Waals surface area (Å²) in [4.78, 5) is 30.3. The number of nitro groups is 1. The van der Waals surface area contributed by atoms with E-state index in [2.05, 4.69) is 15.6 Å². The maximum absolute atomic E-state index is 12.7. The average Bonchev–Trinajstić information content (AvgIpc) is 3.36. The first-order chi connectivity index (χ1) is 17.4. The third-order valence-electron chi connectivity index (χ3n) is 5.42. The Morgan fingerprint density at radius 3 is 2.61 bits per heavy atom. The van der Waals surface area contributed by atoms with Gasteiger partial charge in [0, 0.05) is 35.7 Å². The van der Waals surface area contributed by atoms with E-state index in [0.29, 0.717) is 54.3 Å². The van der Waals surface area contributed by atoms with Gasteiger partial charge >= 0.3 is 0 Å². The van der Waals surface area contributed by atoms with E-state index in [1.54, 1.807) is 26.4 Å². The predicted molar refractivity (Wildman–Crippen MR) is 140 cm³/mol. The van der Waals surface area contributed by atoms with Gasteiger partial charge in [0.25, 0.3) is 11.6 Å². The predicted octanol–water partition coefficient (Wildman–Crippen LogP) is 3.70. The number of thiocarbonyl (C=S) groups is 1. The van der Waals surface area contributed by atoms with Gasteiger partial charge in [-0.15, -0.1) is 11.3 Å². The molecule has 0 aliphatic carbocycles. The van der Waals surface area contributed by atoms with Crippen LogP contribution in [0.25, 0.3) is 11.3 Å². The number of benzene rings is 2. The molecule has 1 aliphatic rings. The van der Waals surface area contributed by atoms with E-state index in [4.69, 9.17) is 26.4 Å². The summed E-state index contributed by atoms with van der Waals surface area (Å²) in [5.74, 6) is 0.617. The van der Waals surface area contributed by atoms with Gasteiger partial charge in [-0.05, 0) is 42.5 Å². The van der Waals surface area contributed by atoms with Crippen LogP contribution in [0, 0.1) is 10.1 Å². The van der Waals surface area contributed by atoms with Gasteiger partial charge in [0.2, 0.25) is 0 Å². The molecule has 11 nitrogen and oxygen atoms in total. The van der Waals surface area contributed by atoms with Crippen molar-refractivity contribution in [3.8, 4) is 22.8 Å². The summed E-state index contributed by atoms with van der Waals surface area (Å²) in [6.07, 6.45) is 0. The molecule has 0 bridgehead atoms. The van der Waals surface area contributed by atoms with Gasteiger partial charge in [-0.1, -0.05) is 0 Å². The van der Waals surface area contributed by atoms with Gasteiger partial charge < -0.3 is 24.4 Å². The lowest BCUT2D eigenvalue weighted by Crippen LogP contribution is -2.37. The van der Waals surface area contributed by atoms with E-state index >= 15 is 0 Å². The number of hydrogen-bond donors (Lipinski definition) is 2. The van der Waals surface area contributed by atoms with Crippen LogP contribution in [-0.4, -0.2) is 61.4 Å². The summed E-state index contributed by atoms with van der Waals surface area (Å²) in [5, 5.41) is 19.4. The summed E-state index contributed by atoms with van der Waals surface area (Å²) < 4.78 is 15.9. The molecule has 2 heterocycles. The summed E-state index contributed by atoms with van der Waals surface area (Å²) in [6, 6.07) is 9.81. The normalized spacial score (nSPS) is 13.1. The fourth-order valence-corrected chi connectivity index (χ4v) is 4.62. The maximum atomic E-state index is 12.7. The Morgan fingerprint density at radius 1 is 1.17 bits per heavy atom. The second-order valence-corrected chi connectivity index (χ2v) is 8.84. The van der Waals surface area contributed by atoms with E-state index in [9.17, 15) is 14.9 Å². The third kappa shape index (κ3) is 5.70. The van der Waals surface area contributed by atoms with Crippen molar-refractivity contribution < 1.29 is 23.9 Å². The number of thiazole rings is 1. The van der Waals surface area contributed by atoms with E-state index in [0.717, 1.165) is 5.56 Å². The van der Waals surface area contributed by atoms with E-state index in [-0.39, 0.29) is 16.4 Å². The lowest BCUT2D eigenvalue weighted by Gasteiger charge is -2.28. The molecule has 2 aromatic carbocycles. The van der Waals surface area contributed by atoms with Gasteiger partial charge in [0.1, 0.15) is 5.69 Å². The van der Waals surface area contributed by atoms with Crippen LogP contribution in [-0.2, 0) is 4.74 Å². The van der Waals surface area contributed by atoms with Gasteiger partial charge in [0.05, 0.1) is 38.1 Å². The topological polar surface area (TPSA) is 128 Å². The first kappa shape index (κ1) is 25.3. The highest BCUT2D eigenvalue weighted by atomic mass is 32.1. The number of nitrogens with zero attached hydrogens (tertiary/aromatic N) is 3. The Kier molecular flexibility index (Phi) is 7.93. The Hall–Kier alpha value is -3.81. The quantitative estimate of drug-likeness (QED) is 0.266. The number of ether oxygens (including phenoxy) is 3. The standard InChI is InChI=1S/C23H23N5O6S2/c1-32-19-6-4-14(12-20(19)33-2)16-13-36-23(24-16)26-22(35)25-21(29)15-3-5-17(18(11-15)28(30)31)27-7-9-34-10-8-27/h3-6,11-13H,7-10H2,1-2H3,(H2,24,25,26,29,35). The van der Waals surface area contributed by atoms with Gasteiger partial charge in [-0.3, -0.25) is 20.2 Å². The van der Waals surface area contributed by atoms with Crippen molar-refractivity contribution in [2.24, 2.45) is 0 Å². The molecule has 1 amide bonds. The zero-order valence-corrected chi connectivity index (χ0v) is 21.1. The highest BCUT2D eigenvalue weighted by Gasteiger charge is 2.23. The molecule has 36 heavy (non-hydrogen) atoms. The zero-order chi connectivity index (χ0) is 25.7. The molecule has 0 spiro atoms. The molecule has 13 heteroatoms. The van der Waals surface area contributed by atoms with Gasteiger partial charge in [0.15, 0.2) is 21.7 Å². The molecular weight excluding hydrogens is 506 g/mol. The van der Waals surface area contributed by atoms with Crippen molar-refractivity contribution in [2.75, 3.05) is 50.7 Å². The average molecular weight is 530 g/mol. The van der Waals surface area contributed by atoms with Crippen molar-refractivity contribution in [1.29, 1.82) is 0 Å². The van der Waals surface area contributed by atoms with Crippen LogP contribution >= 0.6 is 23.6 Å². The molecule has 1 aromatic heterocycles. The molecule has 1 fully saturated rings. The van der Waals surface area contributed by atoms with Crippen LogP contribution in [0.1, 0.15) is 10.4 Å². The Morgan fingerprint density at radius 2 is 1.92 bits per heavy atom. The van der Waals surface area contributed by atoms with Crippen LogP contribution in [0.3, 0.4) is 0 Å². The summed E-state index contributed by atoms with van der Waals surface area (Å²) in [7, 11) is 3.12. The summed E-state index contributed by atoms with van der Waals surface area (Å²) >= 11 is 6.56. The SMILES string of the molecule is COc1ccc(-c2csc(NC(=S)NC(=O)c3ccc(N4CCOCC4)c([N+](=O)[O-])c3)n2)cc1OC. The number of carbonyl (C=O) groups is 1. The van der Waals surface area contributed by atoms with Crippen LogP contribution in [0.5, 0.6) is 11.5 Å². The number of hydrogen-bond acceptors (Lipinski definition) is 10. The Balaban J connectivity index is 1.43. The minimum atomic E-state index is -0.569. The van der Waals surface area contributed by atoms with Crippen LogP contribution in [0.4, 0.5) is 16.5 Å². The molecule has 188 valence electrons. The fraction of sp³-hybridized carbons (Fsp3) is 0.261. The van der Waals surface area contributed by atoms with E-state index in [1.807, 2.05) is 22.4 Å². The Bertz CT molecular complexity index is 1290. The second-order valence-electron chi connectivity index (χ2n) is 7.58. The number of rotatable bonds is 7. The number of anilines is 2. The Labute approximate surface area is 216 Å². The summed E-state index contributed by atoms with van der Waals surface area (Å²) in [5.41, 5.74) is 1.92. The molecule has 1 saturated heterocycles. The number of carbonyl (C=O) groups excluding carboxylic acids is 1. The zero-order valence-electron chi connectivity index (χ0n) is 19.5. The number of aromatic nitrogens is 1. The number of amides is 1. The van der Waals surface area contributed by atoms with Crippen LogP contribution in [0.2, 0.25) is 0 Å². The molecular formula is C23H23N5O6S2. The molecule has 1 aliphatic heterocycles. The fourth-order valence-electron chi connectivity index (χ4n) is 3.65. The van der Waals surface area contributed by atoms with Crippen LogP contribution < -0.4 is 25.0 Å². The first-order valence-corrected chi connectivity index (χ1v) is 12.1. The molecule has 0 unspecified atom stereocenters. The molecule has 0 atom stereocenters. The minimum absolute atomic E-state index is 0.0214. The maximum Gasteiger partial charge on any atom is 0.293 e. The molecule has 0 radical (unpaired) electrons.